The summed E-state index contributed by atoms with van der Waals surface area (Å²) >= 11 is 0. The minimum absolute atomic E-state index is 0. The van der Waals surface area contributed by atoms with Crippen molar-refractivity contribution >= 4 is 48.9 Å². The number of hydrogen-bond donors (Lipinski definition) is 3. The Kier molecular flexibility index (Phi) is 27.2. The van der Waals surface area contributed by atoms with Crippen molar-refractivity contribution in [1.82, 2.24) is 15.7 Å². The Morgan fingerprint density at radius 3 is 1.72 bits per heavy atom. The van der Waals surface area contributed by atoms with E-state index in [0.29, 0.717) is 6.42 Å². The van der Waals surface area contributed by atoms with Crippen molar-refractivity contribution in [2.24, 2.45) is 5.84 Å². The van der Waals surface area contributed by atoms with Gasteiger partial charge < -0.3 is 10.2 Å². The molecule has 0 saturated heterocycles. The molecule has 1 amide bonds. The monoisotopic (exact) mass is 563 g/mol. The summed E-state index contributed by atoms with van der Waals surface area (Å²) in [6, 6.07) is 12.4. The summed E-state index contributed by atoms with van der Waals surface area (Å²) in [5.41, 5.74) is 5.62. The average Bonchev–Trinajstić information content (AvgIpc) is 2.84. The van der Waals surface area contributed by atoms with Crippen LogP contribution in [0.2, 0.25) is 0 Å². The van der Waals surface area contributed by atoms with E-state index in [1.54, 1.807) is 0 Å². The highest BCUT2D eigenvalue weighted by molar-refractivity contribution is 5.86. The lowest BCUT2D eigenvalue weighted by Gasteiger charge is -2.22. The van der Waals surface area contributed by atoms with Crippen molar-refractivity contribution in [2.45, 2.75) is 72.6 Å². The van der Waals surface area contributed by atoms with Crippen molar-refractivity contribution in [3.05, 3.63) is 59.3 Å². The molecule has 0 aliphatic rings. The molecule has 0 radical (unpaired) electrons. The summed E-state index contributed by atoms with van der Waals surface area (Å²) in [5.74, 6) is 6.01. The summed E-state index contributed by atoms with van der Waals surface area (Å²) < 4.78 is 0. The molecule has 0 saturated carbocycles. The van der Waals surface area contributed by atoms with E-state index in [-0.39, 0.29) is 43.1 Å². The topological polar surface area (TPSA) is 83.3 Å². The third kappa shape index (κ3) is 17.0. The smallest absolute Gasteiger partial charge is 0.238 e. The molecule has 9 heteroatoms. The molecule has 0 aliphatic heterocycles. The van der Waals surface area contributed by atoms with E-state index in [9.17, 15) is 4.79 Å². The number of halogens is 3. The second-order valence-electron chi connectivity index (χ2n) is 8.32. The molecule has 0 spiro atoms. The van der Waals surface area contributed by atoms with Crippen molar-refractivity contribution in [2.75, 3.05) is 31.1 Å². The number of aromatic nitrogens is 1. The molecule has 1 aromatic carbocycles. The number of nitrogens with zero attached hydrogens (tertiary/aromatic N) is 2. The maximum absolute atomic E-state index is 11.3. The van der Waals surface area contributed by atoms with Crippen LogP contribution in [0.15, 0.2) is 42.6 Å². The average molecular weight is 565 g/mol. The van der Waals surface area contributed by atoms with Gasteiger partial charge in [0, 0.05) is 19.3 Å². The number of nitrogens with two attached hydrogens (primary N) is 1. The Morgan fingerprint density at radius 1 is 0.778 bits per heavy atom. The predicted molar refractivity (Wildman–Crippen MR) is 162 cm³/mol. The van der Waals surface area contributed by atoms with Crippen molar-refractivity contribution in [1.29, 1.82) is 0 Å². The van der Waals surface area contributed by atoms with E-state index in [1.807, 2.05) is 18.3 Å². The van der Waals surface area contributed by atoms with Crippen LogP contribution in [-0.2, 0) is 24.1 Å². The molecular formula is C27H48Cl3N5O. The lowest BCUT2D eigenvalue weighted by molar-refractivity contribution is -0.120. The highest BCUT2D eigenvalue weighted by Crippen LogP contribution is 2.14. The van der Waals surface area contributed by atoms with Crippen molar-refractivity contribution in [3.8, 4) is 0 Å². The Balaban J connectivity index is -0.000000959. The third-order valence-electron chi connectivity index (χ3n) is 5.22. The number of rotatable bonds is 14. The number of hydrazine groups is 1. The molecule has 4 N–H and O–H groups in total. The Labute approximate surface area is 237 Å². The second-order valence-corrected chi connectivity index (χ2v) is 8.32. The number of hydrogen-bond acceptors (Lipinski definition) is 5. The van der Waals surface area contributed by atoms with Crippen LogP contribution in [0.4, 0.5) is 5.82 Å². The normalized spacial score (nSPS) is 9.47. The first kappa shape index (κ1) is 39.0. The number of carbonyl (C=O) groups is 1. The third-order valence-corrected chi connectivity index (χ3v) is 5.22. The van der Waals surface area contributed by atoms with E-state index in [0.717, 1.165) is 50.2 Å². The maximum Gasteiger partial charge on any atom is 0.238 e. The first-order valence-electron chi connectivity index (χ1n) is 12.6. The molecule has 0 unspecified atom stereocenters. The van der Waals surface area contributed by atoms with Gasteiger partial charge in [0.2, 0.25) is 5.91 Å². The van der Waals surface area contributed by atoms with E-state index in [2.05, 4.69) is 72.6 Å². The van der Waals surface area contributed by atoms with Crippen LogP contribution in [-0.4, -0.2) is 37.1 Å². The number of anilines is 1. The SMILES string of the molecule is CCCN(CCC)c1ccc(CCc2ccc(CC(=O)NN)cc2)cn1.CCCNCCC.Cl.Cl.Cl. The van der Waals surface area contributed by atoms with Crippen molar-refractivity contribution in [3.63, 3.8) is 0 Å². The zero-order valence-corrected chi connectivity index (χ0v) is 24.9. The van der Waals surface area contributed by atoms with E-state index >= 15 is 0 Å². The van der Waals surface area contributed by atoms with Crippen LogP contribution < -0.4 is 21.5 Å². The molecule has 208 valence electrons. The fourth-order valence-corrected chi connectivity index (χ4v) is 3.46. The molecule has 0 fully saturated rings. The number of nitrogens with one attached hydrogen (secondary N) is 2. The van der Waals surface area contributed by atoms with Gasteiger partial charge in [0.1, 0.15) is 5.82 Å². The molecule has 0 bridgehead atoms. The number of aryl methyl sites for hydroxylation is 2. The van der Waals surface area contributed by atoms with Crippen molar-refractivity contribution < 1.29 is 4.79 Å². The first-order chi connectivity index (χ1) is 16.1. The quantitative estimate of drug-likeness (QED) is 0.119. The number of carbonyl (C=O) groups excluding carboxylic acids is 1. The number of amides is 1. The molecule has 0 aliphatic carbocycles. The largest absolute Gasteiger partial charge is 0.357 e. The van der Waals surface area contributed by atoms with E-state index < -0.39 is 0 Å². The van der Waals surface area contributed by atoms with Crippen LogP contribution in [0.3, 0.4) is 0 Å². The molecule has 6 nitrogen and oxygen atoms in total. The second kappa shape index (κ2) is 25.1. The van der Waals surface area contributed by atoms with Crippen LogP contribution in [0.1, 0.15) is 70.1 Å². The molecule has 2 rings (SSSR count). The zero-order valence-electron chi connectivity index (χ0n) is 22.4. The van der Waals surface area contributed by atoms with Crippen LogP contribution in [0.25, 0.3) is 0 Å². The standard InChI is InChI=1S/C21H30N4O.C6H15N.3ClH/c1-3-13-25(14-4-2)20-12-11-19(16-23-20)10-7-17-5-8-18(9-6-17)15-21(26)24-22;1-3-5-7-6-4-2;;;/h5-6,8-9,11-12,16H,3-4,7,10,13-15,22H2,1-2H3,(H,24,26);7H,3-6H2,1-2H3;3*1H. The molecular weight excluding hydrogens is 517 g/mol. The summed E-state index contributed by atoms with van der Waals surface area (Å²) in [4.78, 5) is 18.3. The Bertz CT molecular complexity index is 751. The summed E-state index contributed by atoms with van der Waals surface area (Å²) in [6.07, 6.45) is 8.98. The fourth-order valence-electron chi connectivity index (χ4n) is 3.46. The van der Waals surface area contributed by atoms with Gasteiger partial charge in [-0.25, -0.2) is 10.8 Å². The van der Waals surface area contributed by atoms with Gasteiger partial charge in [0.15, 0.2) is 0 Å². The van der Waals surface area contributed by atoms with Gasteiger partial charge in [-0.2, -0.15) is 0 Å². The van der Waals surface area contributed by atoms with Crippen LogP contribution in [0.5, 0.6) is 0 Å². The highest BCUT2D eigenvalue weighted by Gasteiger charge is 2.06. The van der Waals surface area contributed by atoms with Gasteiger partial charge >= 0.3 is 0 Å². The number of pyridine rings is 1. The molecule has 1 heterocycles. The Hall–Kier alpha value is -1.57. The summed E-state index contributed by atoms with van der Waals surface area (Å²) in [7, 11) is 0. The van der Waals surface area contributed by atoms with Crippen LogP contribution in [0, 0.1) is 0 Å². The van der Waals surface area contributed by atoms with Gasteiger partial charge in [0.05, 0.1) is 6.42 Å². The summed E-state index contributed by atoms with van der Waals surface area (Å²) in [5, 5.41) is 3.28. The fraction of sp³-hybridized carbons (Fsp3) is 0.556. The number of benzene rings is 1. The Morgan fingerprint density at radius 2 is 1.28 bits per heavy atom. The molecule has 36 heavy (non-hydrogen) atoms. The van der Waals surface area contributed by atoms with E-state index in [1.165, 1.54) is 37.1 Å². The minimum Gasteiger partial charge on any atom is -0.357 e. The first-order valence-corrected chi connectivity index (χ1v) is 12.6. The van der Waals surface area contributed by atoms with Gasteiger partial charge in [0.25, 0.3) is 0 Å². The van der Waals surface area contributed by atoms with Gasteiger partial charge in [-0.3, -0.25) is 10.2 Å². The lowest BCUT2D eigenvalue weighted by Crippen LogP contribution is -2.31. The maximum atomic E-state index is 11.3. The van der Waals surface area contributed by atoms with Crippen LogP contribution >= 0.6 is 37.2 Å². The molecule has 2 aromatic rings. The lowest BCUT2D eigenvalue weighted by atomic mass is 10.0. The predicted octanol–water partition coefficient (Wildman–Crippen LogP) is 5.69. The zero-order chi connectivity index (χ0) is 24.3. The minimum atomic E-state index is -0.177. The highest BCUT2D eigenvalue weighted by atomic mass is 35.5. The van der Waals surface area contributed by atoms with Gasteiger partial charge in [-0.1, -0.05) is 58.0 Å². The van der Waals surface area contributed by atoms with Gasteiger partial charge in [-0.15, -0.1) is 37.2 Å². The molecule has 1 aromatic heterocycles. The van der Waals surface area contributed by atoms with Gasteiger partial charge in [-0.05, 0) is 74.4 Å². The molecule has 0 atom stereocenters. The van der Waals surface area contributed by atoms with E-state index in [4.69, 9.17) is 5.84 Å². The summed E-state index contributed by atoms with van der Waals surface area (Å²) in [6.45, 7) is 13.2.